The highest BCUT2D eigenvalue weighted by atomic mass is 32.1. The zero-order chi connectivity index (χ0) is 13.2. The van der Waals surface area contributed by atoms with Crippen molar-refractivity contribution in [2.45, 2.75) is 6.92 Å². The Morgan fingerprint density at radius 1 is 1.16 bits per heavy atom. The van der Waals surface area contributed by atoms with Gasteiger partial charge in [0.05, 0.1) is 6.26 Å². The molecule has 94 valence electrons. The molecular formula is C16H13NOS. The van der Waals surface area contributed by atoms with Crippen LogP contribution in [0.15, 0.2) is 58.7 Å². The number of hydrogen-bond donors (Lipinski definition) is 1. The van der Waals surface area contributed by atoms with Crippen molar-refractivity contribution in [2.75, 3.05) is 0 Å². The molecule has 0 saturated heterocycles. The molecule has 2 heterocycles. The van der Waals surface area contributed by atoms with E-state index in [1.807, 2.05) is 18.2 Å². The van der Waals surface area contributed by atoms with Crippen LogP contribution in [0.2, 0.25) is 0 Å². The molecule has 0 radical (unpaired) electrons. The Hall–Kier alpha value is -2.13. The second-order valence-corrected chi connectivity index (χ2v) is 4.90. The van der Waals surface area contributed by atoms with Crippen molar-refractivity contribution in [2.24, 2.45) is 0 Å². The zero-order valence-electron chi connectivity index (χ0n) is 10.5. The molecule has 0 unspecified atom stereocenters. The summed E-state index contributed by atoms with van der Waals surface area (Å²) in [5, 5.41) is 3.23. The molecule has 2 aromatic rings. The summed E-state index contributed by atoms with van der Waals surface area (Å²) in [5.41, 5.74) is 4.38. The van der Waals surface area contributed by atoms with Gasteiger partial charge in [0, 0.05) is 11.3 Å². The SMILES string of the molecule is Cc1ccc(C2=C/C(=C\c3ccco3)C(=S)N2)cc1. The minimum absolute atomic E-state index is 0.729. The molecule has 19 heavy (non-hydrogen) atoms. The molecule has 0 aliphatic carbocycles. The first-order chi connectivity index (χ1) is 9.22. The van der Waals surface area contributed by atoms with E-state index < -0.39 is 0 Å². The van der Waals surface area contributed by atoms with Gasteiger partial charge in [-0.3, -0.25) is 0 Å². The maximum absolute atomic E-state index is 5.34. The standard InChI is InChI=1S/C16H13NOS/c1-11-4-6-12(7-5-11)15-10-13(16(19)17-15)9-14-3-2-8-18-14/h2-10H,1H3,(H,17,19)/b13-9+. The highest BCUT2D eigenvalue weighted by molar-refractivity contribution is 7.80. The Balaban J connectivity index is 1.93. The van der Waals surface area contributed by atoms with Gasteiger partial charge in [0.15, 0.2) is 0 Å². The molecule has 0 amide bonds. The van der Waals surface area contributed by atoms with Crippen LogP contribution in [0.1, 0.15) is 16.9 Å². The summed E-state index contributed by atoms with van der Waals surface area (Å²) in [5.74, 6) is 0.806. The second kappa shape index (κ2) is 4.86. The Kier molecular flexibility index (Phi) is 3.05. The van der Waals surface area contributed by atoms with Crippen molar-refractivity contribution in [1.82, 2.24) is 5.32 Å². The van der Waals surface area contributed by atoms with Crippen LogP contribution < -0.4 is 5.32 Å². The van der Waals surface area contributed by atoms with E-state index in [0.29, 0.717) is 0 Å². The fourth-order valence-corrected chi connectivity index (χ4v) is 2.20. The number of hydrogen-bond acceptors (Lipinski definition) is 2. The van der Waals surface area contributed by atoms with E-state index >= 15 is 0 Å². The van der Waals surface area contributed by atoms with Crippen LogP contribution >= 0.6 is 12.2 Å². The molecule has 0 spiro atoms. The van der Waals surface area contributed by atoms with Gasteiger partial charge in [0.1, 0.15) is 10.7 Å². The lowest BCUT2D eigenvalue weighted by Crippen LogP contribution is -2.13. The molecule has 1 aromatic carbocycles. The molecular weight excluding hydrogens is 254 g/mol. The Morgan fingerprint density at radius 3 is 2.63 bits per heavy atom. The summed E-state index contributed by atoms with van der Waals surface area (Å²) in [6.45, 7) is 2.08. The molecule has 0 saturated carbocycles. The smallest absolute Gasteiger partial charge is 0.127 e. The molecule has 2 nitrogen and oxygen atoms in total. The molecule has 3 heteroatoms. The van der Waals surface area contributed by atoms with Crippen LogP contribution in [0.3, 0.4) is 0 Å². The topological polar surface area (TPSA) is 25.2 Å². The van der Waals surface area contributed by atoms with E-state index in [1.165, 1.54) is 5.56 Å². The molecule has 0 fully saturated rings. The zero-order valence-corrected chi connectivity index (χ0v) is 11.3. The molecule has 1 aliphatic heterocycles. The number of benzene rings is 1. The normalized spacial score (nSPS) is 16.6. The summed E-state index contributed by atoms with van der Waals surface area (Å²) < 4.78 is 5.31. The van der Waals surface area contributed by atoms with Gasteiger partial charge in [-0.2, -0.15) is 0 Å². The summed E-state index contributed by atoms with van der Waals surface area (Å²) >= 11 is 5.34. The number of aryl methyl sites for hydroxylation is 1. The first-order valence-electron chi connectivity index (χ1n) is 6.08. The van der Waals surface area contributed by atoms with Crippen LogP contribution in [0, 0.1) is 6.92 Å². The summed E-state index contributed by atoms with van der Waals surface area (Å²) in [7, 11) is 0. The summed E-state index contributed by atoms with van der Waals surface area (Å²) in [6.07, 6.45) is 5.65. The maximum Gasteiger partial charge on any atom is 0.127 e. The van der Waals surface area contributed by atoms with Gasteiger partial charge >= 0.3 is 0 Å². The van der Waals surface area contributed by atoms with Gasteiger partial charge in [-0.15, -0.1) is 0 Å². The van der Waals surface area contributed by atoms with E-state index in [-0.39, 0.29) is 0 Å². The fraction of sp³-hybridized carbons (Fsp3) is 0.0625. The number of rotatable bonds is 2. The van der Waals surface area contributed by atoms with Gasteiger partial charge in [-0.05, 0) is 36.8 Å². The maximum atomic E-state index is 5.34. The van der Waals surface area contributed by atoms with Crippen LogP contribution in [0.25, 0.3) is 11.8 Å². The molecule has 1 N–H and O–H groups in total. The Morgan fingerprint density at radius 2 is 1.95 bits per heavy atom. The van der Waals surface area contributed by atoms with Crippen molar-refractivity contribution in [1.29, 1.82) is 0 Å². The lowest BCUT2D eigenvalue weighted by atomic mass is 10.1. The molecule has 0 bridgehead atoms. The average molecular weight is 267 g/mol. The van der Waals surface area contributed by atoms with Gasteiger partial charge in [-0.25, -0.2) is 0 Å². The van der Waals surface area contributed by atoms with Crippen LogP contribution in [0.4, 0.5) is 0 Å². The molecule has 0 atom stereocenters. The fourth-order valence-electron chi connectivity index (χ4n) is 1.97. The van der Waals surface area contributed by atoms with E-state index in [0.717, 1.165) is 27.6 Å². The largest absolute Gasteiger partial charge is 0.465 e. The molecule has 1 aliphatic rings. The highest BCUT2D eigenvalue weighted by Crippen LogP contribution is 2.23. The lowest BCUT2D eigenvalue weighted by Gasteiger charge is -2.03. The lowest BCUT2D eigenvalue weighted by molar-refractivity contribution is 0.557. The van der Waals surface area contributed by atoms with E-state index in [1.54, 1.807) is 6.26 Å². The third kappa shape index (κ3) is 2.51. The minimum Gasteiger partial charge on any atom is -0.465 e. The van der Waals surface area contributed by atoms with Gasteiger partial charge < -0.3 is 9.73 Å². The van der Waals surface area contributed by atoms with Crippen molar-refractivity contribution in [3.05, 3.63) is 71.2 Å². The Labute approximate surface area is 117 Å². The molecule has 3 rings (SSSR count). The van der Waals surface area contributed by atoms with Gasteiger partial charge in [0.2, 0.25) is 0 Å². The van der Waals surface area contributed by atoms with Crippen LogP contribution in [-0.2, 0) is 0 Å². The van der Waals surface area contributed by atoms with Crippen molar-refractivity contribution >= 4 is 29.0 Å². The van der Waals surface area contributed by atoms with E-state index in [9.17, 15) is 0 Å². The number of thiocarbonyl (C=S) groups is 1. The summed E-state index contributed by atoms with van der Waals surface area (Å²) in [6, 6.07) is 12.1. The summed E-state index contributed by atoms with van der Waals surface area (Å²) in [4.78, 5) is 0.729. The first-order valence-corrected chi connectivity index (χ1v) is 6.48. The number of nitrogens with one attached hydrogen (secondary N) is 1. The molecule has 1 aromatic heterocycles. The van der Waals surface area contributed by atoms with Gasteiger partial charge in [0.25, 0.3) is 0 Å². The quantitative estimate of drug-likeness (QED) is 0.659. The van der Waals surface area contributed by atoms with Crippen molar-refractivity contribution in [3.63, 3.8) is 0 Å². The van der Waals surface area contributed by atoms with Gasteiger partial charge in [-0.1, -0.05) is 42.0 Å². The predicted molar refractivity (Wildman–Crippen MR) is 81.6 cm³/mol. The predicted octanol–water partition coefficient (Wildman–Crippen LogP) is 3.94. The monoisotopic (exact) mass is 267 g/mol. The third-order valence-corrected chi connectivity index (χ3v) is 3.35. The highest BCUT2D eigenvalue weighted by Gasteiger charge is 2.15. The number of furan rings is 1. The van der Waals surface area contributed by atoms with Crippen LogP contribution in [-0.4, -0.2) is 4.99 Å². The first kappa shape index (κ1) is 11.9. The van der Waals surface area contributed by atoms with E-state index in [2.05, 4.69) is 42.6 Å². The van der Waals surface area contributed by atoms with Crippen molar-refractivity contribution < 1.29 is 4.42 Å². The van der Waals surface area contributed by atoms with Crippen LogP contribution in [0.5, 0.6) is 0 Å². The third-order valence-electron chi connectivity index (χ3n) is 3.01. The average Bonchev–Trinajstić information content (AvgIpc) is 3.02. The minimum atomic E-state index is 0.729. The second-order valence-electron chi connectivity index (χ2n) is 4.49. The van der Waals surface area contributed by atoms with E-state index in [4.69, 9.17) is 16.6 Å². The Bertz CT molecular complexity index is 663. The van der Waals surface area contributed by atoms with Crippen molar-refractivity contribution in [3.8, 4) is 0 Å².